The maximum Gasteiger partial charge on any atom is 0.417 e. The molecule has 1 unspecified atom stereocenters. The molecule has 3 aromatic carbocycles. The first-order chi connectivity index (χ1) is 27.9. The lowest BCUT2D eigenvalue weighted by atomic mass is 10.0. The van der Waals surface area contributed by atoms with Crippen LogP contribution in [0.5, 0.6) is 5.75 Å². The molecule has 0 radical (unpaired) electrons. The fourth-order valence-corrected chi connectivity index (χ4v) is 8.75. The van der Waals surface area contributed by atoms with E-state index in [1.165, 1.54) is 11.0 Å². The van der Waals surface area contributed by atoms with Crippen LogP contribution in [0.3, 0.4) is 0 Å². The van der Waals surface area contributed by atoms with E-state index in [0.29, 0.717) is 48.8 Å². The van der Waals surface area contributed by atoms with Gasteiger partial charge in [-0.25, -0.2) is 0 Å². The number of piperidine rings is 1. The Morgan fingerprint density at radius 1 is 1.02 bits per heavy atom. The van der Waals surface area contributed by atoms with Gasteiger partial charge >= 0.3 is 6.18 Å². The van der Waals surface area contributed by atoms with E-state index in [0.717, 1.165) is 30.8 Å². The molecule has 0 bridgehead atoms. The Morgan fingerprint density at radius 2 is 1.71 bits per heavy atom. The molecule has 3 aromatic rings. The van der Waals surface area contributed by atoms with Gasteiger partial charge in [0, 0.05) is 60.9 Å². The minimum Gasteiger partial charge on any atom is -0.492 e. The predicted octanol–water partition coefficient (Wildman–Crippen LogP) is 5.61. The average molecular weight is 835 g/mol. The minimum absolute atomic E-state index is 0.0100. The van der Waals surface area contributed by atoms with E-state index in [-0.39, 0.29) is 48.5 Å². The van der Waals surface area contributed by atoms with Crippen molar-refractivity contribution in [1.29, 1.82) is 5.26 Å². The Balaban J connectivity index is 1.03. The lowest BCUT2D eigenvalue weighted by Gasteiger charge is -2.44. The number of nitrogens with zero attached hydrogens (tertiary/aromatic N) is 5. The maximum atomic E-state index is 13.8. The third-order valence-electron chi connectivity index (χ3n) is 11.1. The highest BCUT2D eigenvalue weighted by molar-refractivity contribution is 7.81. The summed E-state index contributed by atoms with van der Waals surface area (Å²) in [5.41, 5.74) is -0.955. The monoisotopic (exact) mass is 834 g/mol. The second-order valence-corrected chi connectivity index (χ2v) is 16.2. The number of nitriles is 1. The topological polar surface area (TPSA) is 150 Å². The summed E-state index contributed by atoms with van der Waals surface area (Å²) >= 11 is 4.73. The van der Waals surface area contributed by atoms with Crippen molar-refractivity contribution >= 4 is 59.0 Å². The number of piperazine rings is 1. The number of thiol groups is 1. The van der Waals surface area contributed by atoms with Crippen LogP contribution in [0.4, 0.5) is 35.9 Å². The van der Waals surface area contributed by atoms with Gasteiger partial charge in [0.2, 0.25) is 17.7 Å². The van der Waals surface area contributed by atoms with Crippen LogP contribution in [0.15, 0.2) is 60.7 Å². The maximum absolute atomic E-state index is 13.8. The lowest BCUT2D eigenvalue weighted by molar-refractivity contribution is -0.138. The summed E-state index contributed by atoms with van der Waals surface area (Å²) < 4.78 is 47.7. The number of halogens is 3. The standard InChI is InChI=1S/C42H49F3N8O5S/c1-6-27-18-32(53-40(59)52(39(57)41(53,4)5)31-11-10-28(21-46)33(20-31)42(43,44)45)12-14-35(27)58-17-16-50-22-25(2)51(26(3)23-50)24-37(55)48-30-9-7-8-29(19-30)47-34-13-15-36(54)49-38(34)56/h7-12,14,18-20,25-26,34,40,47,59H,6,13,15-17,22-24H2,1-5H3,(H,48,55)(H,49,54,56)/t25-,26-,34?,40+/m1/s1. The zero-order valence-corrected chi connectivity index (χ0v) is 34.5. The van der Waals surface area contributed by atoms with E-state index in [1.807, 2.05) is 25.1 Å². The molecule has 3 N–H and O–H groups in total. The first-order valence-corrected chi connectivity index (χ1v) is 20.1. The molecule has 13 nitrogen and oxygen atoms in total. The van der Waals surface area contributed by atoms with Gasteiger partial charge in [0.15, 0.2) is 5.50 Å². The molecular formula is C42H49F3N8O5S. The van der Waals surface area contributed by atoms with Crippen LogP contribution < -0.4 is 30.5 Å². The van der Waals surface area contributed by atoms with E-state index in [1.54, 1.807) is 49.1 Å². The highest BCUT2D eigenvalue weighted by Gasteiger charge is 2.52. The molecule has 3 heterocycles. The quantitative estimate of drug-likeness (QED) is 0.134. The van der Waals surface area contributed by atoms with Gasteiger partial charge in [-0.1, -0.05) is 13.0 Å². The Morgan fingerprint density at radius 3 is 2.37 bits per heavy atom. The van der Waals surface area contributed by atoms with E-state index in [2.05, 4.69) is 39.6 Å². The van der Waals surface area contributed by atoms with Crippen molar-refractivity contribution in [3.63, 3.8) is 0 Å². The largest absolute Gasteiger partial charge is 0.492 e. The molecule has 3 aliphatic heterocycles. The van der Waals surface area contributed by atoms with Gasteiger partial charge in [-0.2, -0.15) is 18.4 Å². The second-order valence-electron chi connectivity index (χ2n) is 15.7. The molecule has 4 amide bonds. The van der Waals surface area contributed by atoms with Crippen molar-refractivity contribution in [3.8, 4) is 11.8 Å². The fourth-order valence-electron chi connectivity index (χ4n) is 8.09. The molecule has 4 atom stereocenters. The van der Waals surface area contributed by atoms with Gasteiger partial charge in [0.05, 0.1) is 23.7 Å². The van der Waals surface area contributed by atoms with Crippen LogP contribution >= 0.6 is 12.6 Å². The zero-order valence-electron chi connectivity index (χ0n) is 33.6. The zero-order chi connectivity index (χ0) is 42.8. The SMILES string of the molecule is CCc1cc(N2[C@@H](S)N(c3ccc(C#N)c(C(F)(F)F)c3)C(=O)C2(C)C)ccc1OCCN1C[C@@H](C)N(CC(=O)Nc2cccc(NC3CCC(=O)NC3=O)c2)[C@H](C)C1. The molecule has 3 saturated heterocycles. The van der Waals surface area contributed by atoms with Gasteiger partial charge in [0.25, 0.3) is 5.91 Å². The number of carbonyl (C=O) groups is 4. The summed E-state index contributed by atoms with van der Waals surface area (Å²) in [5.74, 6) is -0.565. The van der Waals surface area contributed by atoms with Crippen molar-refractivity contribution in [2.24, 2.45) is 0 Å². The van der Waals surface area contributed by atoms with Crippen LogP contribution in [-0.4, -0.2) is 95.4 Å². The van der Waals surface area contributed by atoms with Crippen LogP contribution in [0.25, 0.3) is 0 Å². The Labute approximate surface area is 347 Å². The Hall–Kier alpha value is -5.31. The molecule has 6 rings (SSSR count). The Kier molecular flexibility index (Phi) is 12.8. The summed E-state index contributed by atoms with van der Waals surface area (Å²) in [6, 6.07) is 17.1. The molecule has 0 saturated carbocycles. The number of amides is 4. The smallest absolute Gasteiger partial charge is 0.417 e. The van der Waals surface area contributed by atoms with Crippen molar-refractivity contribution in [3.05, 3.63) is 77.4 Å². The van der Waals surface area contributed by atoms with E-state index in [4.69, 9.17) is 17.4 Å². The molecular weight excluding hydrogens is 786 g/mol. The van der Waals surface area contributed by atoms with Gasteiger partial charge in [-0.15, -0.1) is 12.6 Å². The summed E-state index contributed by atoms with van der Waals surface area (Å²) in [4.78, 5) is 58.0. The lowest BCUT2D eigenvalue weighted by Crippen LogP contribution is -2.58. The van der Waals surface area contributed by atoms with Gasteiger partial charge in [-0.3, -0.25) is 39.2 Å². The average Bonchev–Trinajstić information content (AvgIpc) is 3.35. The van der Waals surface area contributed by atoms with Crippen LogP contribution in [0.1, 0.15) is 64.2 Å². The molecule has 314 valence electrons. The number of carbonyl (C=O) groups excluding carboxylic acids is 4. The number of imide groups is 1. The molecule has 3 aliphatic rings. The number of anilines is 4. The number of ether oxygens (including phenoxy) is 1. The summed E-state index contributed by atoms with van der Waals surface area (Å²) in [6.45, 7) is 12.3. The number of hydrogen-bond acceptors (Lipinski definition) is 11. The molecule has 59 heavy (non-hydrogen) atoms. The first kappa shape index (κ1) is 43.3. The van der Waals surface area contributed by atoms with Crippen molar-refractivity contribution in [1.82, 2.24) is 15.1 Å². The summed E-state index contributed by atoms with van der Waals surface area (Å²) in [7, 11) is 0. The Bertz CT molecular complexity index is 2130. The molecule has 3 fully saturated rings. The molecule has 0 aromatic heterocycles. The van der Waals surface area contributed by atoms with Crippen molar-refractivity contribution in [2.75, 3.05) is 53.2 Å². The van der Waals surface area contributed by atoms with Gasteiger partial charge in [0.1, 0.15) is 23.9 Å². The fraction of sp³-hybridized carbons (Fsp3) is 0.452. The third-order valence-corrected chi connectivity index (χ3v) is 11.6. The normalized spacial score (nSPS) is 22.5. The molecule has 17 heteroatoms. The van der Waals surface area contributed by atoms with Gasteiger partial charge in [-0.05, 0) is 101 Å². The number of nitrogens with one attached hydrogen (secondary N) is 3. The van der Waals surface area contributed by atoms with Crippen molar-refractivity contribution < 1.29 is 37.1 Å². The summed E-state index contributed by atoms with van der Waals surface area (Å²) in [5, 5.41) is 17.7. The number of hydrogen-bond donors (Lipinski definition) is 4. The first-order valence-electron chi connectivity index (χ1n) is 19.6. The van der Waals surface area contributed by atoms with Crippen LogP contribution in [-0.2, 0) is 31.8 Å². The predicted molar refractivity (Wildman–Crippen MR) is 221 cm³/mol. The van der Waals surface area contributed by atoms with Crippen molar-refractivity contribution in [2.45, 2.75) is 89.2 Å². The number of rotatable bonds is 12. The van der Waals surface area contributed by atoms with E-state index < -0.39 is 40.3 Å². The third kappa shape index (κ3) is 9.45. The van der Waals surface area contributed by atoms with E-state index in [9.17, 15) is 37.6 Å². The minimum atomic E-state index is -4.78. The second kappa shape index (κ2) is 17.5. The highest BCUT2D eigenvalue weighted by atomic mass is 32.1. The van der Waals surface area contributed by atoms with Gasteiger partial charge < -0.3 is 20.3 Å². The highest BCUT2D eigenvalue weighted by Crippen LogP contribution is 2.43. The summed E-state index contributed by atoms with van der Waals surface area (Å²) in [6.07, 6.45) is -3.50. The number of aryl methyl sites for hydroxylation is 1. The number of benzene rings is 3. The number of alkyl halides is 3. The van der Waals surface area contributed by atoms with E-state index >= 15 is 0 Å². The molecule has 0 aliphatic carbocycles. The molecule has 0 spiro atoms. The van der Waals surface area contributed by atoms with Crippen LogP contribution in [0, 0.1) is 11.3 Å². The van der Waals surface area contributed by atoms with Crippen LogP contribution in [0.2, 0.25) is 0 Å².